The monoisotopic (exact) mass is 202 g/mol. The highest BCUT2D eigenvalue weighted by Crippen LogP contribution is 2.25. The third-order valence-corrected chi connectivity index (χ3v) is 2.26. The first kappa shape index (κ1) is 13.9. The highest BCUT2D eigenvalue weighted by molar-refractivity contribution is 4.80. The molecule has 0 aromatic heterocycles. The van der Waals surface area contributed by atoms with E-state index in [4.69, 9.17) is 9.47 Å². The number of methoxy groups -OCH3 is 1. The Bertz CT molecular complexity index is 125. The lowest BCUT2D eigenvalue weighted by molar-refractivity contribution is -0.00552. The first-order chi connectivity index (χ1) is 6.69. The Hall–Kier alpha value is -0.0800. The Balaban J connectivity index is 0.000000500. The molecule has 0 bridgehead atoms. The van der Waals surface area contributed by atoms with Crippen molar-refractivity contribution in [2.24, 2.45) is 0 Å². The molecule has 1 aliphatic rings. The van der Waals surface area contributed by atoms with E-state index < -0.39 is 0 Å². The molecular weight excluding hydrogens is 176 g/mol. The SMILES string of the molecule is CCC.CCC[C@H]1O[C@@H](C)C[C@H]1OC. The van der Waals surface area contributed by atoms with Crippen molar-refractivity contribution >= 4 is 0 Å². The quantitative estimate of drug-likeness (QED) is 0.698. The molecule has 0 radical (unpaired) electrons. The molecule has 1 aliphatic heterocycles. The molecule has 0 aromatic carbocycles. The van der Waals surface area contributed by atoms with Gasteiger partial charge in [0.05, 0.1) is 18.3 Å². The Morgan fingerprint density at radius 2 is 1.86 bits per heavy atom. The summed E-state index contributed by atoms with van der Waals surface area (Å²) in [5.74, 6) is 0. The predicted octanol–water partition coefficient (Wildman–Crippen LogP) is 3.40. The Labute approximate surface area is 89.0 Å². The van der Waals surface area contributed by atoms with Gasteiger partial charge in [0.1, 0.15) is 0 Å². The molecule has 0 unspecified atom stereocenters. The van der Waals surface area contributed by atoms with Gasteiger partial charge in [-0.3, -0.25) is 0 Å². The maximum Gasteiger partial charge on any atom is 0.0857 e. The normalized spacial score (nSPS) is 31.1. The van der Waals surface area contributed by atoms with Gasteiger partial charge in [0.25, 0.3) is 0 Å². The number of ether oxygens (including phenoxy) is 2. The molecule has 2 nitrogen and oxygen atoms in total. The average molecular weight is 202 g/mol. The van der Waals surface area contributed by atoms with E-state index in [1.54, 1.807) is 7.11 Å². The molecule has 3 atom stereocenters. The largest absolute Gasteiger partial charge is 0.379 e. The molecule has 0 N–H and O–H groups in total. The molecule has 0 saturated carbocycles. The fraction of sp³-hybridized carbons (Fsp3) is 1.00. The Morgan fingerprint density at radius 3 is 2.29 bits per heavy atom. The molecule has 1 fully saturated rings. The molecule has 1 heterocycles. The molecular formula is C12H26O2. The van der Waals surface area contributed by atoms with Crippen molar-refractivity contribution in [3.8, 4) is 0 Å². The van der Waals surface area contributed by atoms with E-state index in [2.05, 4.69) is 27.7 Å². The van der Waals surface area contributed by atoms with E-state index in [-0.39, 0.29) is 0 Å². The van der Waals surface area contributed by atoms with Gasteiger partial charge in [0.2, 0.25) is 0 Å². The van der Waals surface area contributed by atoms with Gasteiger partial charge < -0.3 is 9.47 Å². The zero-order chi connectivity index (χ0) is 11.0. The van der Waals surface area contributed by atoms with Crippen LogP contribution in [0, 0.1) is 0 Å². The van der Waals surface area contributed by atoms with Crippen molar-refractivity contribution in [2.45, 2.75) is 71.7 Å². The topological polar surface area (TPSA) is 18.5 Å². The molecule has 1 saturated heterocycles. The lowest BCUT2D eigenvalue weighted by Crippen LogP contribution is -2.22. The van der Waals surface area contributed by atoms with Crippen LogP contribution in [0.4, 0.5) is 0 Å². The first-order valence-corrected chi connectivity index (χ1v) is 5.87. The summed E-state index contributed by atoms with van der Waals surface area (Å²) in [4.78, 5) is 0. The number of hydrogen-bond donors (Lipinski definition) is 0. The maximum atomic E-state index is 5.68. The van der Waals surface area contributed by atoms with E-state index in [9.17, 15) is 0 Å². The molecule has 0 amide bonds. The van der Waals surface area contributed by atoms with Gasteiger partial charge in [0, 0.05) is 13.5 Å². The van der Waals surface area contributed by atoms with Gasteiger partial charge in [-0.25, -0.2) is 0 Å². The van der Waals surface area contributed by atoms with Crippen LogP contribution in [0.2, 0.25) is 0 Å². The second kappa shape index (κ2) is 8.25. The summed E-state index contributed by atoms with van der Waals surface area (Å²) in [7, 11) is 1.77. The summed E-state index contributed by atoms with van der Waals surface area (Å²) >= 11 is 0. The zero-order valence-electron chi connectivity index (χ0n) is 10.4. The Morgan fingerprint density at radius 1 is 1.29 bits per heavy atom. The molecule has 0 aliphatic carbocycles. The van der Waals surface area contributed by atoms with Gasteiger partial charge >= 0.3 is 0 Å². The van der Waals surface area contributed by atoms with Crippen LogP contribution in [-0.4, -0.2) is 25.4 Å². The first-order valence-electron chi connectivity index (χ1n) is 5.87. The third kappa shape index (κ3) is 4.97. The predicted molar refractivity (Wildman–Crippen MR) is 60.6 cm³/mol. The maximum absolute atomic E-state index is 5.68. The summed E-state index contributed by atoms with van der Waals surface area (Å²) in [5, 5.41) is 0. The molecule has 0 aromatic rings. The van der Waals surface area contributed by atoms with Crippen molar-refractivity contribution in [3.63, 3.8) is 0 Å². The second-order valence-electron chi connectivity index (χ2n) is 3.99. The third-order valence-electron chi connectivity index (χ3n) is 2.26. The fourth-order valence-corrected chi connectivity index (χ4v) is 1.71. The molecule has 86 valence electrons. The van der Waals surface area contributed by atoms with Gasteiger partial charge in [-0.05, 0) is 13.3 Å². The van der Waals surface area contributed by atoms with Crippen LogP contribution in [0.3, 0.4) is 0 Å². The van der Waals surface area contributed by atoms with Crippen LogP contribution in [-0.2, 0) is 9.47 Å². The summed E-state index contributed by atoms with van der Waals surface area (Å²) < 4.78 is 11.0. The van der Waals surface area contributed by atoms with Crippen molar-refractivity contribution in [2.75, 3.05) is 7.11 Å². The van der Waals surface area contributed by atoms with Gasteiger partial charge in [-0.2, -0.15) is 0 Å². The van der Waals surface area contributed by atoms with Crippen LogP contribution >= 0.6 is 0 Å². The standard InChI is InChI=1S/C9H18O2.C3H8/c1-4-5-8-9(10-3)6-7(2)11-8;1-3-2/h7-9H,4-6H2,1-3H3;3H2,1-2H3/t7-,8+,9+;/m0./s1. The van der Waals surface area contributed by atoms with E-state index in [1.807, 2.05) is 0 Å². The van der Waals surface area contributed by atoms with Crippen molar-refractivity contribution in [3.05, 3.63) is 0 Å². The minimum Gasteiger partial charge on any atom is -0.379 e. The van der Waals surface area contributed by atoms with Gasteiger partial charge in [-0.1, -0.05) is 33.6 Å². The molecule has 14 heavy (non-hydrogen) atoms. The summed E-state index contributed by atoms with van der Waals surface area (Å²) in [6, 6.07) is 0. The second-order valence-corrected chi connectivity index (χ2v) is 3.99. The smallest absolute Gasteiger partial charge is 0.0857 e. The number of hydrogen-bond acceptors (Lipinski definition) is 2. The van der Waals surface area contributed by atoms with E-state index in [0.717, 1.165) is 12.8 Å². The molecule has 1 rings (SSSR count). The zero-order valence-corrected chi connectivity index (χ0v) is 10.4. The van der Waals surface area contributed by atoms with E-state index in [1.165, 1.54) is 12.8 Å². The highest BCUT2D eigenvalue weighted by atomic mass is 16.6. The lowest BCUT2D eigenvalue weighted by atomic mass is 10.1. The number of rotatable bonds is 3. The van der Waals surface area contributed by atoms with Crippen LogP contribution in [0.25, 0.3) is 0 Å². The van der Waals surface area contributed by atoms with Crippen molar-refractivity contribution in [1.29, 1.82) is 0 Å². The van der Waals surface area contributed by atoms with Crippen LogP contribution in [0.1, 0.15) is 53.4 Å². The average Bonchev–Trinajstić information content (AvgIpc) is 2.48. The lowest BCUT2D eigenvalue weighted by Gasteiger charge is -2.15. The summed E-state index contributed by atoms with van der Waals surface area (Å²) in [6.07, 6.45) is 5.68. The van der Waals surface area contributed by atoms with E-state index in [0.29, 0.717) is 18.3 Å². The minimum atomic E-state index is 0.338. The van der Waals surface area contributed by atoms with Gasteiger partial charge in [-0.15, -0.1) is 0 Å². The Kier molecular flexibility index (Phi) is 8.20. The van der Waals surface area contributed by atoms with Crippen molar-refractivity contribution < 1.29 is 9.47 Å². The van der Waals surface area contributed by atoms with Crippen LogP contribution in [0.15, 0.2) is 0 Å². The van der Waals surface area contributed by atoms with Gasteiger partial charge in [0.15, 0.2) is 0 Å². The highest BCUT2D eigenvalue weighted by Gasteiger charge is 2.31. The summed E-state index contributed by atoms with van der Waals surface area (Å²) in [5.41, 5.74) is 0. The fourth-order valence-electron chi connectivity index (χ4n) is 1.71. The summed E-state index contributed by atoms with van der Waals surface area (Å²) in [6.45, 7) is 8.54. The van der Waals surface area contributed by atoms with Crippen molar-refractivity contribution in [1.82, 2.24) is 0 Å². The van der Waals surface area contributed by atoms with E-state index >= 15 is 0 Å². The molecule has 0 spiro atoms. The van der Waals surface area contributed by atoms with Crippen LogP contribution < -0.4 is 0 Å². The van der Waals surface area contributed by atoms with Crippen LogP contribution in [0.5, 0.6) is 0 Å². The minimum absolute atomic E-state index is 0.338. The molecule has 2 heteroatoms.